The summed E-state index contributed by atoms with van der Waals surface area (Å²) in [7, 11) is 0. The van der Waals surface area contributed by atoms with E-state index in [0.29, 0.717) is 62.5 Å². The van der Waals surface area contributed by atoms with E-state index >= 15 is 0 Å². The van der Waals surface area contributed by atoms with Crippen molar-refractivity contribution in [2.75, 3.05) is 0 Å². The summed E-state index contributed by atoms with van der Waals surface area (Å²) in [6.07, 6.45) is 19.0. The van der Waals surface area contributed by atoms with Crippen LogP contribution in [0.5, 0.6) is 0 Å². The van der Waals surface area contributed by atoms with Crippen molar-refractivity contribution in [3.8, 4) is 12.1 Å². The SMILES string of the molecule is Cl.N#Cc1cc(C2CC2)cn2cc(Cc3nnc(C(=O)CCc4ncn5ccc(Cl)c(F)c45)o3)nc12.N#Cc1cc(C2CC2)cn2cc(Cc3nnc(C(=O)[O-])o3)nc12.NCc1ncn2ccc(Cl)c(F)c12.[Li+]. The predicted octanol–water partition coefficient (Wildman–Crippen LogP) is 3.74. The van der Waals surface area contributed by atoms with E-state index in [1.165, 1.54) is 29.2 Å². The Morgan fingerprint density at radius 1 is 0.726 bits per heavy atom. The van der Waals surface area contributed by atoms with Crippen LogP contribution in [0.3, 0.4) is 0 Å². The summed E-state index contributed by atoms with van der Waals surface area (Å²) in [5.41, 5.74) is 12.6. The molecule has 0 unspecified atom stereocenters. The molecule has 364 valence electrons. The molecule has 0 amide bonds. The summed E-state index contributed by atoms with van der Waals surface area (Å²) >= 11 is 11.5. The third-order valence-electron chi connectivity index (χ3n) is 11.7. The number of aryl methyl sites for hydroxylation is 1. The van der Waals surface area contributed by atoms with Crippen LogP contribution in [0.2, 0.25) is 10.0 Å². The molecule has 2 saturated carbocycles. The normalized spacial score (nSPS) is 12.9. The number of imidazole rings is 4. The summed E-state index contributed by atoms with van der Waals surface area (Å²) < 4.78 is 45.1. The van der Waals surface area contributed by atoms with Crippen molar-refractivity contribution in [2.45, 2.75) is 69.7 Å². The molecule has 73 heavy (non-hydrogen) atoms. The van der Waals surface area contributed by atoms with Gasteiger partial charge in [-0.15, -0.1) is 32.8 Å². The van der Waals surface area contributed by atoms with Crippen LogP contribution in [0.4, 0.5) is 8.78 Å². The number of nitrogens with zero attached hydrogens (tertiary/aromatic N) is 14. The molecule has 0 aromatic carbocycles. The Morgan fingerprint density at radius 3 is 1.64 bits per heavy atom. The zero-order valence-corrected chi connectivity index (χ0v) is 40.6. The van der Waals surface area contributed by atoms with Crippen LogP contribution in [-0.2, 0) is 25.8 Å². The fourth-order valence-corrected chi connectivity index (χ4v) is 8.24. The van der Waals surface area contributed by atoms with E-state index in [1.807, 2.05) is 39.5 Å². The third-order valence-corrected chi connectivity index (χ3v) is 12.3. The van der Waals surface area contributed by atoms with Gasteiger partial charge in [0.25, 0.3) is 11.8 Å². The van der Waals surface area contributed by atoms with Crippen LogP contribution in [0.1, 0.15) is 122 Å². The molecule has 0 bridgehead atoms. The first-order valence-corrected chi connectivity index (χ1v) is 22.6. The summed E-state index contributed by atoms with van der Waals surface area (Å²) in [5.74, 6) is -2.21. The molecule has 20 nitrogen and oxygen atoms in total. The number of pyridine rings is 4. The van der Waals surface area contributed by atoms with Crippen molar-refractivity contribution in [3.63, 3.8) is 0 Å². The van der Waals surface area contributed by atoms with Crippen LogP contribution < -0.4 is 29.7 Å². The summed E-state index contributed by atoms with van der Waals surface area (Å²) in [6, 6.07) is 11.1. The van der Waals surface area contributed by atoms with E-state index in [9.17, 15) is 34.0 Å². The molecular formula is C47H35Cl3F2LiN15O5. The maximum atomic E-state index is 14.4. The molecule has 10 heterocycles. The number of Topliss-reactive ketones (excluding diaryl/α,β-unsaturated/α-hetero) is 1. The van der Waals surface area contributed by atoms with E-state index in [1.54, 1.807) is 23.0 Å². The van der Waals surface area contributed by atoms with Gasteiger partial charge in [-0.2, -0.15) is 10.5 Å². The van der Waals surface area contributed by atoms with Gasteiger partial charge in [0.1, 0.15) is 29.1 Å². The first-order chi connectivity index (χ1) is 34.4. The second kappa shape index (κ2) is 21.7. The van der Waals surface area contributed by atoms with E-state index in [4.69, 9.17) is 37.8 Å². The van der Waals surface area contributed by atoms with E-state index in [0.717, 1.165) is 36.8 Å². The van der Waals surface area contributed by atoms with E-state index in [2.05, 4.69) is 52.5 Å². The van der Waals surface area contributed by atoms with Crippen LogP contribution in [0.15, 0.2) is 82.9 Å². The van der Waals surface area contributed by atoms with Gasteiger partial charge in [0, 0.05) is 50.1 Å². The molecule has 2 aliphatic rings. The van der Waals surface area contributed by atoms with Gasteiger partial charge in [0.15, 0.2) is 22.9 Å². The van der Waals surface area contributed by atoms with Crippen molar-refractivity contribution in [1.29, 1.82) is 10.5 Å². The van der Waals surface area contributed by atoms with Gasteiger partial charge in [0.2, 0.25) is 17.6 Å². The number of ketones is 1. The predicted molar refractivity (Wildman–Crippen MR) is 250 cm³/mol. The smallest absolute Gasteiger partial charge is 0.540 e. The molecule has 0 spiro atoms. The van der Waals surface area contributed by atoms with Crippen molar-refractivity contribution < 1.29 is 51.2 Å². The molecule has 2 fully saturated rings. The van der Waals surface area contributed by atoms with E-state index < -0.39 is 23.5 Å². The number of carbonyl (C=O) groups is 2. The number of aromatic carboxylic acids is 1. The van der Waals surface area contributed by atoms with Gasteiger partial charge in [-0.1, -0.05) is 23.2 Å². The van der Waals surface area contributed by atoms with Crippen molar-refractivity contribution in [1.82, 2.24) is 57.9 Å². The molecule has 26 heteroatoms. The Morgan fingerprint density at radius 2 is 1.19 bits per heavy atom. The zero-order valence-electron chi connectivity index (χ0n) is 38.2. The fourth-order valence-electron chi connectivity index (χ4n) is 7.95. The molecule has 0 radical (unpaired) electrons. The Hall–Kier alpha value is -7.55. The number of carbonyl (C=O) groups excluding carboxylic acids is 2. The first-order valence-electron chi connectivity index (χ1n) is 21.9. The molecule has 2 aliphatic carbocycles. The Balaban J connectivity index is 0.000000161. The van der Waals surface area contributed by atoms with Gasteiger partial charge in [-0.3, -0.25) is 4.79 Å². The zero-order chi connectivity index (χ0) is 49.5. The Kier molecular flexibility index (Phi) is 15.4. The molecule has 0 saturated heterocycles. The molecule has 2 N–H and O–H groups in total. The Bertz CT molecular complexity index is 3810. The Labute approximate surface area is 439 Å². The maximum Gasteiger partial charge on any atom is 1.00 e. The number of nitrogens with two attached hydrogens (primary N) is 1. The monoisotopic (exact) mass is 1040 g/mol. The number of halogens is 5. The number of rotatable bonds is 12. The van der Waals surface area contributed by atoms with Crippen LogP contribution in [0.25, 0.3) is 22.3 Å². The van der Waals surface area contributed by atoms with Crippen molar-refractivity contribution in [3.05, 3.63) is 164 Å². The first kappa shape index (κ1) is 51.8. The second-order valence-corrected chi connectivity index (χ2v) is 17.5. The summed E-state index contributed by atoms with van der Waals surface area (Å²) in [5, 5.41) is 44.4. The number of fused-ring (bicyclic) bond motifs is 4. The topological polar surface area (TPSA) is 278 Å². The molecule has 10 aromatic rings. The third kappa shape index (κ3) is 11.0. The number of hydrogen-bond donors (Lipinski definition) is 1. The molecule has 10 aromatic heterocycles. The number of hydrogen-bond acceptors (Lipinski definition) is 16. The fraction of sp³-hybridized carbons (Fsp3) is 0.234. The number of carboxylic acids is 1. The van der Waals surface area contributed by atoms with Gasteiger partial charge < -0.3 is 42.1 Å². The van der Waals surface area contributed by atoms with Gasteiger partial charge >= 0.3 is 18.9 Å². The standard InChI is InChI=1S/C24H17ClFN7O2.C15H11N5O3.C8H7ClFN3.ClH.Li/c25-17-5-6-32-12-28-18(22(32)21(17)26)3-4-19(34)24-31-30-20(35-24)8-16-11-33-10-15(13-1-2-13)7-14(9-27)23(33)29-16;16-5-9-3-10(8-1-2-8)6-20-7-11(17-13(9)20)4-12-18-19-14(23-12)15(21)22;9-5-1-2-13-4-12-6(3-11)8(13)7(5)10;;/h5-7,10-13H,1-4,8H2;3,6-8H,1-2,4H2,(H,21,22);1-2,4H,3,11H2;1H;/q;;;;+1/p-1. The van der Waals surface area contributed by atoms with Crippen LogP contribution in [-0.4, -0.2) is 69.7 Å². The summed E-state index contributed by atoms with van der Waals surface area (Å²) in [6.45, 7) is 0.202. The summed E-state index contributed by atoms with van der Waals surface area (Å²) in [4.78, 5) is 40.3. The average Bonchev–Trinajstić information content (AvgIpc) is 3.94. The largest absolute Gasteiger partial charge is 1.00 e. The van der Waals surface area contributed by atoms with Crippen molar-refractivity contribution >= 4 is 69.7 Å². The number of nitriles is 2. The number of carboxylic acid groups (broad SMARTS) is 1. The van der Waals surface area contributed by atoms with Crippen LogP contribution >= 0.6 is 35.6 Å². The minimum Gasteiger partial charge on any atom is -0.540 e. The van der Waals surface area contributed by atoms with Crippen LogP contribution in [0, 0.1) is 34.3 Å². The van der Waals surface area contributed by atoms with Gasteiger partial charge in [-0.25, -0.2) is 28.7 Å². The molecule has 12 rings (SSSR count). The minimum atomic E-state index is -1.51. The average molecular weight is 1040 g/mol. The molecule has 0 aliphatic heterocycles. The minimum absolute atomic E-state index is 0. The quantitative estimate of drug-likeness (QED) is 0.135. The van der Waals surface area contributed by atoms with Gasteiger partial charge in [0.05, 0.1) is 69.4 Å². The van der Waals surface area contributed by atoms with E-state index in [-0.39, 0.29) is 103 Å². The van der Waals surface area contributed by atoms with Gasteiger partial charge in [-0.05, 0) is 79.3 Å². The van der Waals surface area contributed by atoms with Crippen molar-refractivity contribution in [2.24, 2.45) is 5.73 Å². The number of aromatic nitrogens is 12. The molecule has 0 atom stereocenters. The maximum absolute atomic E-state index is 14.4. The second-order valence-electron chi connectivity index (χ2n) is 16.7. The molecular weight excluding hydrogens is 1010 g/mol.